The van der Waals surface area contributed by atoms with Crippen LogP contribution in [0, 0.1) is 11.8 Å². The lowest BCUT2D eigenvalue weighted by atomic mass is 9.77. The maximum Gasteiger partial charge on any atom is 0.203 e. The van der Waals surface area contributed by atoms with Crippen molar-refractivity contribution in [2.24, 2.45) is 11.8 Å². The van der Waals surface area contributed by atoms with Crippen LogP contribution in [0.15, 0.2) is 18.2 Å². The van der Waals surface area contributed by atoms with Crippen molar-refractivity contribution in [2.45, 2.75) is 26.7 Å². The highest BCUT2D eigenvalue weighted by Gasteiger charge is 2.30. The normalized spacial score (nSPS) is 18.2. The van der Waals surface area contributed by atoms with Gasteiger partial charge >= 0.3 is 0 Å². The Kier molecular flexibility index (Phi) is 5.92. The van der Waals surface area contributed by atoms with E-state index in [1.165, 1.54) is 11.1 Å². The van der Waals surface area contributed by atoms with Crippen LogP contribution in [0.3, 0.4) is 0 Å². The van der Waals surface area contributed by atoms with E-state index in [0.717, 1.165) is 35.5 Å². The van der Waals surface area contributed by atoms with E-state index in [0.29, 0.717) is 29.1 Å². The molecule has 0 radical (unpaired) electrons. The predicted octanol–water partition coefficient (Wildman–Crippen LogP) is 4.77. The summed E-state index contributed by atoms with van der Waals surface area (Å²) in [6.45, 7) is 4.59. The molecule has 0 fully saturated rings. The number of benzene rings is 2. The summed E-state index contributed by atoms with van der Waals surface area (Å²) in [6, 6.07) is 6.10. The molecule has 0 saturated carbocycles. The summed E-state index contributed by atoms with van der Waals surface area (Å²) in [5.41, 5.74) is 4.39. The predicted molar refractivity (Wildman–Crippen MR) is 110 cm³/mol. The molecule has 2 aromatic carbocycles. The van der Waals surface area contributed by atoms with E-state index in [1.807, 2.05) is 6.07 Å². The fourth-order valence-electron chi connectivity index (χ4n) is 4.11. The maximum absolute atomic E-state index is 5.86. The Balaban J connectivity index is 2.44. The Labute approximate surface area is 167 Å². The minimum Gasteiger partial charge on any atom is -0.497 e. The largest absolute Gasteiger partial charge is 0.497 e. The summed E-state index contributed by atoms with van der Waals surface area (Å²) in [6.07, 6.45) is 1.85. The lowest BCUT2D eigenvalue weighted by Crippen LogP contribution is -2.18. The van der Waals surface area contributed by atoms with E-state index in [9.17, 15) is 0 Å². The second-order valence-corrected chi connectivity index (χ2v) is 7.41. The van der Waals surface area contributed by atoms with Crippen LogP contribution in [0.2, 0.25) is 0 Å². The Hall–Kier alpha value is -2.56. The van der Waals surface area contributed by atoms with E-state index < -0.39 is 0 Å². The second kappa shape index (κ2) is 8.21. The number of methoxy groups -OCH3 is 5. The minimum absolute atomic E-state index is 0.493. The van der Waals surface area contributed by atoms with Gasteiger partial charge in [-0.3, -0.25) is 0 Å². The molecule has 5 heteroatoms. The van der Waals surface area contributed by atoms with E-state index in [-0.39, 0.29) is 0 Å². The topological polar surface area (TPSA) is 46.2 Å². The highest BCUT2D eigenvalue weighted by molar-refractivity contribution is 5.86. The molecule has 5 nitrogen and oxygen atoms in total. The van der Waals surface area contributed by atoms with Gasteiger partial charge in [0.05, 0.1) is 35.5 Å². The Morgan fingerprint density at radius 3 is 1.68 bits per heavy atom. The van der Waals surface area contributed by atoms with E-state index in [2.05, 4.69) is 26.0 Å². The molecule has 2 aromatic rings. The van der Waals surface area contributed by atoms with Crippen LogP contribution < -0.4 is 23.7 Å². The second-order valence-electron chi connectivity index (χ2n) is 7.41. The smallest absolute Gasteiger partial charge is 0.203 e. The third-order valence-electron chi connectivity index (χ3n) is 5.83. The van der Waals surface area contributed by atoms with Crippen molar-refractivity contribution < 1.29 is 23.7 Å². The van der Waals surface area contributed by atoms with Crippen LogP contribution in [0.1, 0.15) is 25.0 Å². The monoisotopic (exact) mass is 386 g/mol. The summed E-state index contributed by atoms with van der Waals surface area (Å²) in [4.78, 5) is 0. The molecule has 0 aromatic heterocycles. The lowest BCUT2D eigenvalue weighted by molar-refractivity contribution is 0.322. The number of hydrogen-bond donors (Lipinski definition) is 0. The molecule has 2 atom stereocenters. The number of hydrogen-bond acceptors (Lipinski definition) is 5. The highest BCUT2D eigenvalue weighted by atomic mass is 16.5. The summed E-state index contributed by atoms with van der Waals surface area (Å²) in [5, 5.41) is 0. The first-order chi connectivity index (χ1) is 13.5. The average molecular weight is 386 g/mol. The van der Waals surface area contributed by atoms with Crippen molar-refractivity contribution in [3.8, 4) is 39.9 Å². The maximum atomic E-state index is 5.86. The molecule has 0 heterocycles. The average Bonchev–Trinajstić information content (AvgIpc) is 2.71. The Morgan fingerprint density at radius 2 is 1.18 bits per heavy atom. The van der Waals surface area contributed by atoms with Gasteiger partial charge in [0, 0.05) is 17.2 Å². The number of rotatable bonds is 5. The highest BCUT2D eigenvalue weighted by Crippen LogP contribution is 2.52. The fraction of sp³-hybridized carbons (Fsp3) is 0.478. The molecule has 0 N–H and O–H groups in total. The molecule has 152 valence electrons. The van der Waals surface area contributed by atoms with Crippen molar-refractivity contribution in [2.75, 3.05) is 35.5 Å². The van der Waals surface area contributed by atoms with Crippen molar-refractivity contribution in [1.82, 2.24) is 0 Å². The lowest BCUT2D eigenvalue weighted by Gasteiger charge is -2.30. The van der Waals surface area contributed by atoms with Crippen LogP contribution >= 0.6 is 0 Å². The summed E-state index contributed by atoms with van der Waals surface area (Å²) in [5.74, 6) is 4.49. The molecular formula is C23H30O5. The molecule has 3 rings (SSSR count). The molecule has 28 heavy (non-hydrogen) atoms. The zero-order valence-electron chi connectivity index (χ0n) is 17.8. The van der Waals surface area contributed by atoms with Crippen molar-refractivity contribution in [3.63, 3.8) is 0 Å². The standard InChI is InChI=1S/C23H30O5/c1-13-8-15-10-17(24-3)12-18(25-4)20(15)21-16(9-14(13)2)11-19(26-5)22(27-6)23(21)28-7/h10-14H,8-9H2,1-7H3/t13-,14+/m0/s1. The first-order valence-electron chi connectivity index (χ1n) is 9.56. The first-order valence-corrected chi connectivity index (χ1v) is 9.56. The van der Waals surface area contributed by atoms with E-state index in [1.54, 1.807) is 35.5 Å². The zero-order valence-corrected chi connectivity index (χ0v) is 17.8. The number of ether oxygens (including phenoxy) is 5. The van der Waals surface area contributed by atoms with Gasteiger partial charge in [0.2, 0.25) is 5.75 Å². The van der Waals surface area contributed by atoms with Gasteiger partial charge in [-0.25, -0.2) is 0 Å². The molecule has 0 aliphatic heterocycles. The molecule has 0 unspecified atom stereocenters. The van der Waals surface area contributed by atoms with E-state index in [4.69, 9.17) is 23.7 Å². The molecule has 1 aliphatic carbocycles. The number of fused-ring (bicyclic) bond motifs is 3. The summed E-state index contributed by atoms with van der Waals surface area (Å²) >= 11 is 0. The quantitative estimate of drug-likeness (QED) is 0.741. The van der Waals surface area contributed by atoms with Crippen molar-refractivity contribution in [3.05, 3.63) is 29.3 Å². The van der Waals surface area contributed by atoms with Gasteiger partial charge in [0.25, 0.3) is 0 Å². The van der Waals surface area contributed by atoms with Crippen LogP contribution in [0.25, 0.3) is 11.1 Å². The zero-order chi connectivity index (χ0) is 20.4. The van der Waals surface area contributed by atoms with Crippen LogP contribution in [0.5, 0.6) is 28.7 Å². The first kappa shape index (κ1) is 20.2. The van der Waals surface area contributed by atoms with Gasteiger partial charge in [-0.1, -0.05) is 13.8 Å². The molecule has 0 spiro atoms. The van der Waals surface area contributed by atoms with Gasteiger partial charge in [-0.15, -0.1) is 0 Å². The molecule has 0 bridgehead atoms. The molecule has 1 aliphatic rings. The third-order valence-corrected chi connectivity index (χ3v) is 5.83. The van der Waals surface area contributed by atoms with Crippen molar-refractivity contribution >= 4 is 0 Å². The van der Waals surface area contributed by atoms with Crippen molar-refractivity contribution in [1.29, 1.82) is 0 Å². The summed E-state index contributed by atoms with van der Waals surface area (Å²) < 4.78 is 28.4. The van der Waals surface area contributed by atoms with Crippen LogP contribution in [-0.4, -0.2) is 35.5 Å². The fourth-order valence-corrected chi connectivity index (χ4v) is 4.11. The van der Waals surface area contributed by atoms with Gasteiger partial charge in [-0.05, 0) is 47.9 Å². The Bertz CT molecular complexity index is 859. The van der Waals surface area contributed by atoms with E-state index >= 15 is 0 Å². The molecule has 0 saturated heterocycles. The van der Waals surface area contributed by atoms with Gasteiger partial charge in [-0.2, -0.15) is 0 Å². The Morgan fingerprint density at radius 1 is 0.607 bits per heavy atom. The van der Waals surface area contributed by atoms with Gasteiger partial charge < -0.3 is 23.7 Å². The third kappa shape index (κ3) is 3.34. The molecular weight excluding hydrogens is 356 g/mol. The summed E-state index contributed by atoms with van der Waals surface area (Å²) in [7, 11) is 8.31. The van der Waals surface area contributed by atoms with Gasteiger partial charge in [0.1, 0.15) is 11.5 Å². The van der Waals surface area contributed by atoms with Gasteiger partial charge in [0.15, 0.2) is 11.5 Å². The van der Waals surface area contributed by atoms with Crippen LogP contribution in [-0.2, 0) is 12.8 Å². The minimum atomic E-state index is 0.493. The molecule has 0 amide bonds. The van der Waals surface area contributed by atoms with Crippen LogP contribution in [0.4, 0.5) is 0 Å². The SMILES string of the molecule is COc1cc2c(c(OC)c1)-c1c(cc(OC)c(OC)c1OC)C[C@@H](C)[C@@H](C)C2.